The molecule has 5 N–H and O–H groups in total. The third kappa shape index (κ3) is 5.31. The number of rotatable bonds is 3. The predicted molar refractivity (Wildman–Crippen MR) is 151 cm³/mol. The first kappa shape index (κ1) is 28.7. The van der Waals surface area contributed by atoms with Crippen LogP contribution >= 0.6 is 0 Å². The fourth-order valence-electron chi connectivity index (χ4n) is 7.78. The smallest absolute Gasteiger partial charge is 0.320 e. The molecule has 4 fully saturated rings. The molecule has 0 aliphatic carbocycles. The molecule has 41 heavy (non-hydrogen) atoms. The third-order valence-electron chi connectivity index (χ3n) is 9.78. The Morgan fingerprint density at radius 1 is 1.24 bits per heavy atom. The number of piperazine rings is 1. The van der Waals surface area contributed by atoms with E-state index >= 15 is 4.39 Å². The third-order valence-corrected chi connectivity index (χ3v) is 9.78. The van der Waals surface area contributed by atoms with E-state index in [2.05, 4.69) is 59.2 Å². The lowest BCUT2D eigenvalue weighted by Gasteiger charge is -2.59. The van der Waals surface area contributed by atoms with Gasteiger partial charge in [-0.15, -0.1) is 5.53 Å². The second-order valence-electron chi connectivity index (χ2n) is 12.7. The molecule has 0 spiro atoms. The summed E-state index contributed by atoms with van der Waals surface area (Å²) in [6, 6.07) is -0.351. The summed E-state index contributed by atoms with van der Waals surface area (Å²) in [5.41, 5.74) is 7.29. The van der Waals surface area contributed by atoms with E-state index in [0.29, 0.717) is 26.2 Å². The number of halogens is 1. The monoisotopic (exact) mass is 575 g/mol. The molecule has 12 nitrogen and oxygen atoms in total. The van der Waals surface area contributed by atoms with Crippen molar-refractivity contribution in [3.63, 3.8) is 0 Å². The summed E-state index contributed by atoms with van der Waals surface area (Å²) in [7, 11) is 0. The van der Waals surface area contributed by atoms with Crippen LogP contribution in [-0.2, 0) is 9.53 Å². The number of carbonyl (C=O) groups excluding carboxylic acids is 2. The van der Waals surface area contributed by atoms with Gasteiger partial charge in [0.1, 0.15) is 12.3 Å². The molecule has 228 valence electrons. The van der Waals surface area contributed by atoms with E-state index in [1.54, 1.807) is 9.91 Å². The predicted octanol–water partition coefficient (Wildman–Crippen LogP) is 0.388. The van der Waals surface area contributed by atoms with Crippen LogP contribution in [-0.4, -0.2) is 113 Å². The molecule has 8 unspecified atom stereocenters. The van der Waals surface area contributed by atoms with Crippen molar-refractivity contribution in [1.82, 2.24) is 46.6 Å². The van der Waals surface area contributed by atoms with E-state index in [1.165, 1.54) is 6.08 Å². The Kier molecular flexibility index (Phi) is 8.16. The quantitative estimate of drug-likeness (QED) is 0.305. The number of amides is 3. The molecular formula is C28H46FN9O3. The van der Waals surface area contributed by atoms with E-state index in [1.807, 2.05) is 11.1 Å². The van der Waals surface area contributed by atoms with Gasteiger partial charge in [0.25, 0.3) is 0 Å². The van der Waals surface area contributed by atoms with Crippen molar-refractivity contribution in [2.24, 2.45) is 11.8 Å². The van der Waals surface area contributed by atoms with E-state index in [9.17, 15) is 9.59 Å². The van der Waals surface area contributed by atoms with E-state index in [0.717, 1.165) is 31.5 Å². The van der Waals surface area contributed by atoms with Crippen molar-refractivity contribution in [3.05, 3.63) is 24.6 Å². The molecule has 4 saturated heterocycles. The number of nitrogens with zero attached hydrogens (tertiary/aromatic N) is 4. The maximum atomic E-state index is 16.1. The zero-order valence-corrected chi connectivity index (χ0v) is 24.4. The standard InChI is InChI=1S/C28H46FN9O3/c1-5-22(39)35-10-11-36(17(4)14-35)25-19-13-20(29)27-31-26(19)38(28(40)32-25)24-21(8-9-30-23(24)16(2)3)41-12-6-7-18-15-37(27)34-33-18/h5,15-17,19-21,23-27,30-31,33-34H,1,6-14H2,2-4H3,(H,32,40)/t17-,19?,20?,21?,23?,24?,25?,26?,27?/m0/s1. The molecule has 13 heteroatoms. The molecule has 4 bridgehead atoms. The van der Waals surface area contributed by atoms with Gasteiger partial charge in [-0.1, -0.05) is 20.4 Å². The first-order valence-corrected chi connectivity index (χ1v) is 15.3. The van der Waals surface area contributed by atoms with Gasteiger partial charge in [-0.3, -0.25) is 20.0 Å². The Labute approximate surface area is 242 Å². The van der Waals surface area contributed by atoms with Gasteiger partial charge < -0.3 is 30.6 Å². The van der Waals surface area contributed by atoms with Gasteiger partial charge in [-0.05, 0) is 51.1 Å². The molecule has 0 aromatic heterocycles. The summed E-state index contributed by atoms with van der Waals surface area (Å²) in [5, 5.41) is 12.4. The van der Waals surface area contributed by atoms with Crippen molar-refractivity contribution in [3.8, 4) is 0 Å². The molecule has 6 heterocycles. The van der Waals surface area contributed by atoms with Gasteiger partial charge in [-0.2, -0.15) is 0 Å². The van der Waals surface area contributed by atoms with Gasteiger partial charge in [0, 0.05) is 56.1 Å². The number of nitrogens with one attached hydrogen (secondary N) is 5. The van der Waals surface area contributed by atoms with Crippen LogP contribution in [0.2, 0.25) is 0 Å². The minimum absolute atomic E-state index is 0.0131. The minimum Gasteiger partial charge on any atom is -0.376 e. The molecule has 6 aliphatic rings. The Morgan fingerprint density at radius 3 is 2.83 bits per heavy atom. The Morgan fingerprint density at radius 2 is 2.07 bits per heavy atom. The number of allylic oxidation sites excluding steroid dienone is 1. The highest BCUT2D eigenvalue weighted by Gasteiger charge is 2.56. The van der Waals surface area contributed by atoms with Crippen LogP contribution in [0.5, 0.6) is 0 Å². The van der Waals surface area contributed by atoms with Crippen LogP contribution in [0.25, 0.3) is 0 Å². The lowest BCUT2D eigenvalue weighted by atomic mass is 9.81. The van der Waals surface area contributed by atoms with Crippen LogP contribution in [0, 0.1) is 11.8 Å². The Bertz CT molecular complexity index is 1050. The highest BCUT2D eigenvalue weighted by molar-refractivity contribution is 5.87. The van der Waals surface area contributed by atoms with Gasteiger partial charge in [0.2, 0.25) is 5.91 Å². The van der Waals surface area contributed by atoms with Gasteiger partial charge in [-0.25, -0.2) is 9.18 Å². The van der Waals surface area contributed by atoms with E-state index < -0.39 is 18.5 Å². The maximum Gasteiger partial charge on any atom is 0.320 e. The molecule has 0 saturated carbocycles. The fraction of sp³-hybridized carbons (Fsp3) is 0.786. The van der Waals surface area contributed by atoms with Crippen molar-refractivity contribution >= 4 is 11.9 Å². The summed E-state index contributed by atoms with van der Waals surface area (Å²) in [6.45, 7) is 13.1. The molecule has 0 aromatic rings. The molecule has 6 rings (SSSR count). The summed E-state index contributed by atoms with van der Waals surface area (Å²) >= 11 is 0. The first-order chi connectivity index (χ1) is 19.8. The van der Waals surface area contributed by atoms with E-state index in [4.69, 9.17) is 4.74 Å². The summed E-state index contributed by atoms with van der Waals surface area (Å²) in [4.78, 5) is 32.6. The minimum atomic E-state index is -1.18. The zero-order chi connectivity index (χ0) is 28.8. The highest BCUT2D eigenvalue weighted by Crippen LogP contribution is 2.38. The number of fused-ring (bicyclic) bond motifs is 5. The van der Waals surface area contributed by atoms with Gasteiger partial charge >= 0.3 is 6.03 Å². The van der Waals surface area contributed by atoms with Crippen molar-refractivity contribution in [2.75, 3.05) is 32.8 Å². The van der Waals surface area contributed by atoms with Gasteiger partial charge in [0.05, 0.1) is 24.5 Å². The lowest BCUT2D eigenvalue weighted by Crippen LogP contribution is -2.80. The van der Waals surface area contributed by atoms with Crippen molar-refractivity contribution < 1.29 is 18.7 Å². The topological polar surface area (TPSA) is 116 Å². The van der Waals surface area contributed by atoms with Crippen LogP contribution in [0.3, 0.4) is 0 Å². The normalized spacial score (nSPS) is 39.9. The highest BCUT2D eigenvalue weighted by atomic mass is 19.1. The van der Waals surface area contributed by atoms with E-state index in [-0.39, 0.29) is 60.6 Å². The summed E-state index contributed by atoms with van der Waals surface area (Å²) in [6.07, 6.45) is 3.23. The molecule has 0 radical (unpaired) electrons. The second-order valence-corrected chi connectivity index (χ2v) is 12.7. The number of alkyl halides is 1. The largest absolute Gasteiger partial charge is 0.376 e. The number of hydrogen-bond acceptors (Lipinski definition) is 9. The fourth-order valence-corrected chi connectivity index (χ4v) is 7.78. The number of hydrazine groups is 2. The SMILES string of the molecule is C=CC(=O)N1CCN(C2NC(=O)N3C4NC(C(F)CC42)N2C=C(CCCOC4CCNC(C(C)C)C43)NN2)[C@@H](C)C1. The second kappa shape index (κ2) is 11.7. The van der Waals surface area contributed by atoms with Crippen molar-refractivity contribution in [1.29, 1.82) is 0 Å². The average molecular weight is 576 g/mol. The van der Waals surface area contributed by atoms with Crippen LogP contribution in [0.15, 0.2) is 24.6 Å². The first-order valence-electron chi connectivity index (χ1n) is 15.3. The molecule has 0 aromatic carbocycles. The average Bonchev–Trinajstić information content (AvgIpc) is 3.43. The van der Waals surface area contributed by atoms with Crippen LogP contribution in [0.4, 0.5) is 9.18 Å². The Balaban J connectivity index is 1.36. The Hall–Kier alpha value is -2.45. The lowest BCUT2D eigenvalue weighted by molar-refractivity contribution is -0.134. The number of carbonyl (C=O) groups is 2. The summed E-state index contributed by atoms with van der Waals surface area (Å²) in [5.74, 6) is -0.0433. The number of urea groups is 1. The molecule has 6 aliphatic heterocycles. The number of hydrogen-bond donors (Lipinski definition) is 5. The number of piperidine rings is 2. The maximum absolute atomic E-state index is 16.1. The van der Waals surface area contributed by atoms with Crippen LogP contribution < -0.4 is 26.9 Å². The molecule has 3 amide bonds. The number of ether oxygens (including phenoxy) is 1. The summed E-state index contributed by atoms with van der Waals surface area (Å²) < 4.78 is 22.7. The van der Waals surface area contributed by atoms with Gasteiger partial charge in [0.15, 0.2) is 0 Å². The zero-order valence-electron chi connectivity index (χ0n) is 24.4. The van der Waals surface area contributed by atoms with Crippen molar-refractivity contribution in [2.45, 2.75) is 95.4 Å². The molecule has 9 atom stereocenters. The molecular weight excluding hydrogens is 529 g/mol. The van der Waals surface area contributed by atoms with Crippen LogP contribution in [0.1, 0.15) is 46.5 Å².